The Kier molecular flexibility index (Phi) is 6.13. The van der Waals surface area contributed by atoms with Gasteiger partial charge in [0, 0.05) is 24.4 Å². The van der Waals surface area contributed by atoms with Crippen LogP contribution in [0.3, 0.4) is 0 Å². The SMILES string of the molecule is COCCn1c(SC(C)C(=O)N2CCc3ccccc32)nc2cc(Cl)ccc2c1=O. The molecule has 8 heteroatoms. The molecule has 3 aromatic rings. The number of halogens is 1. The summed E-state index contributed by atoms with van der Waals surface area (Å²) in [5.74, 6) is 0.00341. The zero-order valence-corrected chi connectivity index (χ0v) is 18.4. The summed E-state index contributed by atoms with van der Waals surface area (Å²) in [7, 11) is 1.59. The molecule has 0 N–H and O–H groups in total. The van der Waals surface area contributed by atoms with Crippen molar-refractivity contribution in [3.8, 4) is 0 Å². The van der Waals surface area contributed by atoms with Crippen LogP contribution in [0.5, 0.6) is 0 Å². The Labute approximate surface area is 183 Å². The van der Waals surface area contributed by atoms with Gasteiger partial charge in [0.05, 0.1) is 29.3 Å². The lowest BCUT2D eigenvalue weighted by atomic mass is 10.2. The molecular weight excluding hydrogens is 422 g/mol. The van der Waals surface area contributed by atoms with Gasteiger partial charge in [-0.05, 0) is 43.2 Å². The summed E-state index contributed by atoms with van der Waals surface area (Å²) in [5.41, 5.74) is 2.50. The first-order chi connectivity index (χ1) is 14.5. The number of aromatic nitrogens is 2. The monoisotopic (exact) mass is 443 g/mol. The summed E-state index contributed by atoms with van der Waals surface area (Å²) >= 11 is 7.39. The summed E-state index contributed by atoms with van der Waals surface area (Å²) in [5, 5.41) is 1.08. The number of fused-ring (bicyclic) bond motifs is 2. The molecule has 1 aromatic heterocycles. The first-order valence-electron chi connectivity index (χ1n) is 9.74. The van der Waals surface area contributed by atoms with E-state index in [1.165, 1.54) is 17.3 Å². The topological polar surface area (TPSA) is 64.4 Å². The number of anilines is 1. The van der Waals surface area contributed by atoms with Crippen LogP contribution in [0.2, 0.25) is 5.02 Å². The van der Waals surface area contributed by atoms with Gasteiger partial charge in [0.1, 0.15) is 0 Å². The molecule has 6 nitrogen and oxygen atoms in total. The van der Waals surface area contributed by atoms with Gasteiger partial charge < -0.3 is 9.64 Å². The summed E-state index contributed by atoms with van der Waals surface area (Å²) < 4.78 is 6.74. The lowest BCUT2D eigenvalue weighted by molar-refractivity contribution is -0.117. The number of rotatable bonds is 6. The largest absolute Gasteiger partial charge is 0.383 e. The van der Waals surface area contributed by atoms with E-state index in [0.29, 0.717) is 40.8 Å². The van der Waals surface area contributed by atoms with E-state index < -0.39 is 5.25 Å². The number of para-hydroxylation sites is 1. The minimum absolute atomic E-state index is 0.00341. The van der Waals surface area contributed by atoms with Crippen molar-refractivity contribution in [2.75, 3.05) is 25.2 Å². The standard InChI is InChI=1S/C22H22ClN3O3S/c1-14(20(27)25-10-9-15-5-3-4-6-19(15)25)30-22-24-18-13-16(23)7-8-17(18)21(28)26(22)11-12-29-2/h3-8,13-14H,9-12H2,1-2H3. The smallest absolute Gasteiger partial charge is 0.262 e. The fourth-order valence-corrected chi connectivity index (χ4v) is 4.80. The van der Waals surface area contributed by atoms with Crippen LogP contribution >= 0.6 is 23.4 Å². The van der Waals surface area contributed by atoms with E-state index in [1.807, 2.05) is 30.0 Å². The van der Waals surface area contributed by atoms with E-state index in [9.17, 15) is 9.59 Å². The number of carbonyl (C=O) groups excluding carboxylic acids is 1. The van der Waals surface area contributed by atoms with Crippen LogP contribution in [0.25, 0.3) is 10.9 Å². The van der Waals surface area contributed by atoms with Crippen molar-refractivity contribution < 1.29 is 9.53 Å². The number of methoxy groups -OCH3 is 1. The second-order valence-corrected chi connectivity index (χ2v) is 8.88. The fraction of sp³-hybridized carbons (Fsp3) is 0.318. The molecule has 0 aliphatic carbocycles. The molecule has 0 bridgehead atoms. The maximum absolute atomic E-state index is 13.2. The Morgan fingerprint density at radius 2 is 2.10 bits per heavy atom. The van der Waals surface area contributed by atoms with Crippen LogP contribution < -0.4 is 10.5 Å². The van der Waals surface area contributed by atoms with Gasteiger partial charge in [0.15, 0.2) is 5.16 Å². The van der Waals surface area contributed by atoms with E-state index in [1.54, 1.807) is 29.9 Å². The number of thioether (sulfide) groups is 1. The Balaban J connectivity index is 1.66. The van der Waals surface area contributed by atoms with Crippen molar-refractivity contribution in [1.29, 1.82) is 0 Å². The number of benzene rings is 2. The molecule has 156 valence electrons. The molecule has 30 heavy (non-hydrogen) atoms. The van der Waals surface area contributed by atoms with Crippen molar-refractivity contribution in [1.82, 2.24) is 9.55 Å². The number of carbonyl (C=O) groups is 1. The third kappa shape index (κ3) is 3.97. The average Bonchev–Trinajstić information content (AvgIpc) is 3.17. The van der Waals surface area contributed by atoms with E-state index in [-0.39, 0.29) is 11.5 Å². The van der Waals surface area contributed by atoms with Gasteiger partial charge in [0.2, 0.25) is 5.91 Å². The van der Waals surface area contributed by atoms with Crippen LogP contribution in [0.15, 0.2) is 52.4 Å². The fourth-order valence-electron chi connectivity index (χ4n) is 3.64. The number of hydrogen-bond acceptors (Lipinski definition) is 5. The highest BCUT2D eigenvalue weighted by Crippen LogP contribution is 2.31. The second-order valence-electron chi connectivity index (χ2n) is 7.13. The summed E-state index contributed by atoms with van der Waals surface area (Å²) in [6.07, 6.45) is 0.852. The molecule has 0 radical (unpaired) electrons. The lowest BCUT2D eigenvalue weighted by Gasteiger charge is -2.22. The van der Waals surface area contributed by atoms with E-state index >= 15 is 0 Å². The first kappa shape index (κ1) is 20.9. The summed E-state index contributed by atoms with van der Waals surface area (Å²) in [6, 6.07) is 13.0. The highest BCUT2D eigenvalue weighted by Gasteiger charge is 2.29. The average molecular weight is 444 g/mol. The zero-order chi connectivity index (χ0) is 21.3. The Morgan fingerprint density at radius 3 is 2.90 bits per heavy atom. The van der Waals surface area contributed by atoms with Gasteiger partial charge in [-0.15, -0.1) is 0 Å². The van der Waals surface area contributed by atoms with Gasteiger partial charge in [-0.2, -0.15) is 0 Å². The quantitative estimate of drug-likeness (QED) is 0.428. The van der Waals surface area contributed by atoms with Crippen LogP contribution in [0.1, 0.15) is 12.5 Å². The molecule has 0 saturated carbocycles. The summed E-state index contributed by atoms with van der Waals surface area (Å²) in [4.78, 5) is 32.7. The van der Waals surface area contributed by atoms with Crippen LogP contribution in [-0.2, 0) is 22.5 Å². The molecule has 1 unspecified atom stereocenters. The molecule has 1 aliphatic rings. The highest BCUT2D eigenvalue weighted by atomic mass is 35.5. The van der Waals surface area contributed by atoms with E-state index in [4.69, 9.17) is 16.3 Å². The van der Waals surface area contributed by atoms with Crippen molar-refractivity contribution in [2.24, 2.45) is 0 Å². The number of hydrogen-bond donors (Lipinski definition) is 0. The molecule has 0 fully saturated rings. The number of amides is 1. The molecular formula is C22H22ClN3O3S. The Morgan fingerprint density at radius 1 is 1.30 bits per heavy atom. The second kappa shape index (κ2) is 8.79. The van der Waals surface area contributed by atoms with Gasteiger partial charge in [0.25, 0.3) is 5.56 Å². The van der Waals surface area contributed by atoms with Crippen molar-refractivity contribution in [3.63, 3.8) is 0 Å². The van der Waals surface area contributed by atoms with Gasteiger partial charge in [-0.3, -0.25) is 14.2 Å². The predicted octanol–water partition coefficient (Wildman–Crippen LogP) is 3.77. The maximum Gasteiger partial charge on any atom is 0.262 e. The van der Waals surface area contributed by atoms with Gasteiger partial charge in [-0.1, -0.05) is 41.6 Å². The van der Waals surface area contributed by atoms with Crippen LogP contribution in [0.4, 0.5) is 5.69 Å². The van der Waals surface area contributed by atoms with Crippen molar-refractivity contribution in [2.45, 2.75) is 30.3 Å². The van der Waals surface area contributed by atoms with Crippen molar-refractivity contribution >= 4 is 45.9 Å². The molecule has 0 spiro atoms. The molecule has 0 saturated heterocycles. The normalized spacial score (nSPS) is 14.2. The Bertz CT molecular complexity index is 1160. The third-order valence-corrected chi connectivity index (χ3v) is 6.50. The molecule has 1 amide bonds. The zero-order valence-electron chi connectivity index (χ0n) is 16.8. The molecule has 1 atom stereocenters. The van der Waals surface area contributed by atoms with Gasteiger partial charge >= 0.3 is 0 Å². The lowest BCUT2D eigenvalue weighted by Crippen LogP contribution is -2.36. The predicted molar refractivity (Wildman–Crippen MR) is 121 cm³/mol. The van der Waals surface area contributed by atoms with Crippen LogP contribution in [0, 0.1) is 0 Å². The minimum atomic E-state index is -0.409. The summed E-state index contributed by atoms with van der Waals surface area (Å²) in [6.45, 7) is 3.25. The highest BCUT2D eigenvalue weighted by molar-refractivity contribution is 8.00. The molecule has 2 heterocycles. The van der Waals surface area contributed by atoms with Crippen molar-refractivity contribution in [3.05, 3.63) is 63.4 Å². The number of nitrogens with zero attached hydrogens (tertiary/aromatic N) is 3. The molecule has 4 rings (SSSR count). The third-order valence-electron chi connectivity index (χ3n) is 5.18. The number of ether oxygens (including phenoxy) is 1. The molecule has 2 aromatic carbocycles. The van der Waals surface area contributed by atoms with Gasteiger partial charge in [-0.25, -0.2) is 4.98 Å². The first-order valence-corrected chi connectivity index (χ1v) is 11.0. The van der Waals surface area contributed by atoms with E-state index in [2.05, 4.69) is 11.1 Å². The minimum Gasteiger partial charge on any atom is -0.383 e. The van der Waals surface area contributed by atoms with E-state index in [0.717, 1.165) is 12.1 Å². The molecule has 1 aliphatic heterocycles. The van der Waals surface area contributed by atoms with Crippen LogP contribution in [-0.4, -0.2) is 41.0 Å². The Hall–Kier alpha value is -2.35. The maximum atomic E-state index is 13.2.